The van der Waals surface area contributed by atoms with Crippen molar-refractivity contribution in [2.75, 3.05) is 31.2 Å². The maximum Gasteiger partial charge on any atom is 0.407 e. The molecule has 4 N–H and O–H groups in total. The number of alkyl carbamates (subject to hydrolysis) is 2. The van der Waals surface area contributed by atoms with E-state index in [2.05, 4.69) is 24.5 Å². The standard InChI is InChI=1S/C32H63N3O6S/c1-6-8-10-12-14-16-18-20-22-34-30(37)39-24-27(25-42-26-28(33)29(36)41-32(3,4)5)40-31(38)35-23-21-19-17-15-13-11-9-7-2/h27-28H,6-26,33H2,1-5H3,(H,34,37)(H,35,38). The molecule has 0 saturated heterocycles. The van der Waals surface area contributed by atoms with Crippen molar-refractivity contribution in [2.45, 2.75) is 155 Å². The maximum atomic E-state index is 12.4. The van der Waals surface area contributed by atoms with Gasteiger partial charge in [0.15, 0.2) is 0 Å². The van der Waals surface area contributed by atoms with Crippen LogP contribution in [0.5, 0.6) is 0 Å². The van der Waals surface area contributed by atoms with Gasteiger partial charge in [-0.1, -0.05) is 104 Å². The lowest BCUT2D eigenvalue weighted by Crippen LogP contribution is -2.40. The van der Waals surface area contributed by atoms with Crippen LogP contribution < -0.4 is 16.4 Å². The highest BCUT2D eigenvalue weighted by atomic mass is 32.2. The molecule has 0 fully saturated rings. The van der Waals surface area contributed by atoms with Crippen LogP contribution in [0.15, 0.2) is 0 Å². The van der Waals surface area contributed by atoms with Crippen LogP contribution in [0.1, 0.15) is 137 Å². The second kappa shape index (κ2) is 26.9. The van der Waals surface area contributed by atoms with E-state index in [0.717, 1.165) is 25.7 Å². The molecule has 42 heavy (non-hydrogen) atoms. The van der Waals surface area contributed by atoms with Crippen LogP contribution in [0.25, 0.3) is 0 Å². The Balaban J connectivity index is 4.45. The molecule has 0 aliphatic heterocycles. The minimum Gasteiger partial charge on any atom is -0.459 e. The number of hydrogen-bond donors (Lipinski definition) is 3. The summed E-state index contributed by atoms with van der Waals surface area (Å²) in [6.45, 7) is 10.8. The first kappa shape index (κ1) is 40.3. The lowest BCUT2D eigenvalue weighted by molar-refractivity contribution is -0.155. The quantitative estimate of drug-likeness (QED) is 0.0517. The molecular formula is C32H63N3O6S. The Kier molecular flexibility index (Phi) is 25.8. The van der Waals surface area contributed by atoms with Crippen molar-refractivity contribution in [1.82, 2.24) is 10.6 Å². The van der Waals surface area contributed by atoms with Gasteiger partial charge in [0.05, 0.1) is 0 Å². The number of amides is 2. The van der Waals surface area contributed by atoms with Crippen molar-refractivity contribution in [3.8, 4) is 0 Å². The van der Waals surface area contributed by atoms with E-state index in [1.807, 2.05) is 0 Å². The fourth-order valence-electron chi connectivity index (χ4n) is 4.20. The van der Waals surface area contributed by atoms with Gasteiger partial charge in [0, 0.05) is 24.6 Å². The molecule has 0 aromatic carbocycles. The predicted molar refractivity (Wildman–Crippen MR) is 174 cm³/mol. The van der Waals surface area contributed by atoms with E-state index in [4.69, 9.17) is 19.9 Å². The first-order chi connectivity index (χ1) is 20.1. The molecule has 248 valence electrons. The average Bonchev–Trinajstić information content (AvgIpc) is 2.93. The molecular weight excluding hydrogens is 554 g/mol. The normalized spacial score (nSPS) is 12.8. The Hall–Kier alpha value is -1.68. The van der Waals surface area contributed by atoms with Gasteiger partial charge in [-0.05, 0) is 33.6 Å². The van der Waals surface area contributed by atoms with E-state index in [1.165, 1.54) is 88.8 Å². The summed E-state index contributed by atoms with van der Waals surface area (Å²) < 4.78 is 16.2. The van der Waals surface area contributed by atoms with E-state index in [0.29, 0.717) is 24.6 Å². The van der Waals surface area contributed by atoms with Crippen LogP contribution in [0, 0.1) is 0 Å². The Morgan fingerprint density at radius 1 is 0.690 bits per heavy atom. The minimum atomic E-state index is -0.804. The van der Waals surface area contributed by atoms with E-state index in [1.54, 1.807) is 20.8 Å². The Labute approximate surface area is 260 Å². The van der Waals surface area contributed by atoms with Crippen LogP contribution in [0.4, 0.5) is 9.59 Å². The predicted octanol–water partition coefficient (Wildman–Crippen LogP) is 7.49. The molecule has 2 amide bonds. The molecule has 0 saturated carbocycles. The van der Waals surface area contributed by atoms with Gasteiger partial charge in [0.2, 0.25) is 0 Å². The molecule has 10 heteroatoms. The molecule has 0 rings (SSSR count). The molecule has 0 aromatic heterocycles. The van der Waals surface area contributed by atoms with Gasteiger partial charge in [-0.3, -0.25) is 4.79 Å². The van der Waals surface area contributed by atoms with Crippen LogP contribution >= 0.6 is 11.8 Å². The fourth-order valence-corrected chi connectivity index (χ4v) is 5.15. The largest absolute Gasteiger partial charge is 0.459 e. The number of thioether (sulfide) groups is 1. The lowest BCUT2D eigenvalue weighted by Gasteiger charge is -2.22. The van der Waals surface area contributed by atoms with Crippen LogP contribution in [0.3, 0.4) is 0 Å². The van der Waals surface area contributed by atoms with Crippen molar-refractivity contribution >= 4 is 29.9 Å². The SMILES string of the molecule is CCCCCCCCCCNC(=O)OCC(CSCC(N)C(=O)OC(C)(C)C)OC(=O)NCCCCCCCCCC. The van der Waals surface area contributed by atoms with Crippen molar-refractivity contribution < 1.29 is 28.6 Å². The molecule has 0 heterocycles. The number of nitrogens with two attached hydrogens (primary N) is 1. The number of esters is 1. The zero-order valence-corrected chi connectivity index (χ0v) is 28.3. The highest BCUT2D eigenvalue weighted by molar-refractivity contribution is 7.99. The third-order valence-electron chi connectivity index (χ3n) is 6.58. The molecule has 0 spiro atoms. The van der Waals surface area contributed by atoms with E-state index >= 15 is 0 Å². The van der Waals surface area contributed by atoms with E-state index in [9.17, 15) is 14.4 Å². The molecule has 0 aromatic rings. The summed E-state index contributed by atoms with van der Waals surface area (Å²) in [7, 11) is 0. The summed E-state index contributed by atoms with van der Waals surface area (Å²) in [5.41, 5.74) is 5.37. The van der Waals surface area contributed by atoms with Crippen molar-refractivity contribution in [3.63, 3.8) is 0 Å². The fraction of sp³-hybridized carbons (Fsp3) is 0.906. The second-order valence-corrected chi connectivity index (χ2v) is 13.2. The third-order valence-corrected chi connectivity index (χ3v) is 7.79. The number of hydrogen-bond acceptors (Lipinski definition) is 8. The number of ether oxygens (including phenoxy) is 3. The summed E-state index contributed by atoms with van der Waals surface area (Å²) >= 11 is 1.35. The van der Waals surface area contributed by atoms with Crippen molar-refractivity contribution in [1.29, 1.82) is 0 Å². The van der Waals surface area contributed by atoms with Gasteiger partial charge < -0.3 is 30.6 Å². The van der Waals surface area contributed by atoms with Gasteiger partial charge in [-0.25, -0.2) is 9.59 Å². The van der Waals surface area contributed by atoms with Gasteiger partial charge in [-0.15, -0.1) is 0 Å². The third kappa shape index (κ3) is 27.2. The Morgan fingerprint density at radius 3 is 1.62 bits per heavy atom. The smallest absolute Gasteiger partial charge is 0.407 e. The summed E-state index contributed by atoms with van der Waals surface area (Å²) in [6, 6.07) is -0.804. The number of carbonyl (C=O) groups excluding carboxylic acids is 3. The van der Waals surface area contributed by atoms with Crippen molar-refractivity contribution in [2.24, 2.45) is 5.73 Å². The van der Waals surface area contributed by atoms with E-state index in [-0.39, 0.29) is 6.61 Å². The highest BCUT2D eigenvalue weighted by Gasteiger charge is 2.23. The average molecular weight is 618 g/mol. The summed E-state index contributed by atoms with van der Waals surface area (Å²) in [5.74, 6) is 0.138. The van der Waals surface area contributed by atoms with Gasteiger partial charge in [0.25, 0.3) is 0 Å². The minimum absolute atomic E-state index is 0.0802. The molecule has 0 aliphatic carbocycles. The number of nitrogens with one attached hydrogen (secondary N) is 2. The lowest BCUT2D eigenvalue weighted by atomic mass is 10.1. The number of carbonyl (C=O) groups is 3. The summed E-state index contributed by atoms with van der Waals surface area (Å²) in [6.07, 6.45) is 17.2. The molecule has 0 aliphatic rings. The second-order valence-electron chi connectivity index (χ2n) is 12.1. The van der Waals surface area contributed by atoms with Crippen LogP contribution in [0.2, 0.25) is 0 Å². The zero-order valence-electron chi connectivity index (χ0n) is 27.4. The molecule has 0 radical (unpaired) electrons. The highest BCUT2D eigenvalue weighted by Crippen LogP contribution is 2.13. The first-order valence-corrected chi connectivity index (χ1v) is 17.7. The van der Waals surface area contributed by atoms with Crippen LogP contribution in [-0.2, 0) is 19.0 Å². The number of unbranched alkanes of at least 4 members (excludes halogenated alkanes) is 14. The van der Waals surface area contributed by atoms with Gasteiger partial charge in [0.1, 0.15) is 24.4 Å². The molecule has 2 atom stereocenters. The van der Waals surface area contributed by atoms with Crippen molar-refractivity contribution in [3.05, 3.63) is 0 Å². The topological polar surface area (TPSA) is 129 Å². The van der Waals surface area contributed by atoms with Gasteiger partial charge >= 0.3 is 18.2 Å². The molecule has 2 unspecified atom stereocenters. The first-order valence-electron chi connectivity index (χ1n) is 16.5. The Bertz CT molecular complexity index is 690. The van der Waals surface area contributed by atoms with Crippen LogP contribution in [-0.4, -0.2) is 67.1 Å². The maximum absolute atomic E-state index is 12.4. The summed E-state index contributed by atoms with van der Waals surface area (Å²) in [5, 5.41) is 5.58. The molecule has 0 bridgehead atoms. The van der Waals surface area contributed by atoms with E-state index < -0.39 is 35.9 Å². The Morgan fingerprint density at radius 2 is 1.14 bits per heavy atom. The zero-order chi connectivity index (χ0) is 31.5. The monoisotopic (exact) mass is 617 g/mol. The molecule has 9 nitrogen and oxygen atoms in total. The summed E-state index contributed by atoms with van der Waals surface area (Å²) in [4.78, 5) is 36.8. The van der Waals surface area contributed by atoms with Gasteiger partial charge in [-0.2, -0.15) is 11.8 Å². The number of rotatable bonds is 26.